The molecule has 2 aliphatic carbocycles. The maximum absolute atomic E-state index is 13.2. The van der Waals surface area contributed by atoms with Gasteiger partial charge in [0.15, 0.2) is 0 Å². The lowest BCUT2D eigenvalue weighted by molar-refractivity contribution is -0.139. The van der Waals surface area contributed by atoms with Gasteiger partial charge in [0.2, 0.25) is 5.91 Å². The van der Waals surface area contributed by atoms with E-state index in [0.717, 1.165) is 31.7 Å². The molecule has 2 unspecified atom stereocenters. The fourth-order valence-corrected chi connectivity index (χ4v) is 3.96. The highest BCUT2D eigenvalue weighted by Crippen LogP contribution is 2.52. The second kappa shape index (κ2) is 6.41. The highest BCUT2D eigenvalue weighted by Gasteiger charge is 2.49. The molecule has 0 N–H and O–H groups in total. The van der Waals surface area contributed by atoms with E-state index in [1.165, 1.54) is 12.1 Å². The normalized spacial score (nSPS) is 30.0. The Kier molecular flexibility index (Phi) is 4.63. The van der Waals surface area contributed by atoms with Gasteiger partial charge >= 0.3 is 6.18 Å². The Labute approximate surface area is 141 Å². The average Bonchev–Trinajstić information content (AvgIpc) is 3.34. The number of amides is 1. The Morgan fingerprint density at radius 1 is 1.12 bits per heavy atom. The van der Waals surface area contributed by atoms with E-state index in [1.807, 2.05) is 7.05 Å². The first-order chi connectivity index (χ1) is 11.3. The Morgan fingerprint density at radius 2 is 1.75 bits per heavy atom. The summed E-state index contributed by atoms with van der Waals surface area (Å²) in [5.41, 5.74) is -0.325. The number of carbonyl (C=O) groups is 1. The van der Waals surface area contributed by atoms with Crippen molar-refractivity contribution in [2.45, 2.75) is 57.2 Å². The number of hydrogen-bond acceptors (Lipinski definition) is 1. The Morgan fingerprint density at radius 3 is 2.38 bits per heavy atom. The molecule has 1 aromatic carbocycles. The second-order valence-corrected chi connectivity index (χ2v) is 7.40. The van der Waals surface area contributed by atoms with Gasteiger partial charge in [-0.15, -0.1) is 0 Å². The molecule has 2 nitrogen and oxygen atoms in total. The number of alkyl halides is 3. The summed E-state index contributed by atoms with van der Waals surface area (Å²) in [4.78, 5) is 14.5. The molecule has 0 bridgehead atoms. The number of benzene rings is 1. The number of rotatable bonds is 3. The van der Waals surface area contributed by atoms with Crippen molar-refractivity contribution in [1.29, 1.82) is 0 Å². The second-order valence-electron chi connectivity index (χ2n) is 7.40. The molecule has 0 saturated heterocycles. The van der Waals surface area contributed by atoms with Gasteiger partial charge in [0.25, 0.3) is 0 Å². The molecule has 2 atom stereocenters. The smallest absolute Gasteiger partial charge is 0.343 e. The molecule has 2 aliphatic rings. The molecule has 2 fully saturated rings. The van der Waals surface area contributed by atoms with Crippen molar-refractivity contribution in [3.63, 3.8) is 0 Å². The van der Waals surface area contributed by atoms with Crippen LogP contribution < -0.4 is 0 Å². The van der Waals surface area contributed by atoms with Gasteiger partial charge in [-0.05, 0) is 55.6 Å². The third-order valence-corrected chi connectivity index (χ3v) is 5.65. The first-order valence-electron chi connectivity index (χ1n) is 8.71. The van der Waals surface area contributed by atoms with Gasteiger partial charge in [-0.2, -0.15) is 13.2 Å². The number of carbonyl (C=O) groups excluding carboxylic acids is 1. The number of hydrogen-bond donors (Lipinski definition) is 0. The summed E-state index contributed by atoms with van der Waals surface area (Å²) in [6.07, 6.45) is 0.401. The quantitative estimate of drug-likeness (QED) is 0.771. The molecule has 1 amide bonds. The number of halogens is 3. The van der Waals surface area contributed by atoms with Crippen LogP contribution in [0.25, 0.3) is 0 Å². The maximum Gasteiger partial charge on any atom is 0.416 e. The van der Waals surface area contributed by atoms with Crippen LogP contribution in [0.5, 0.6) is 0 Å². The van der Waals surface area contributed by atoms with Crippen molar-refractivity contribution in [3.8, 4) is 0 Å². The Balaban J connectivity index is 1.68. The topological polar surface area (TPSA) is 20.3 Å². The van der Waals surface area contributed by atoms with E-state index >= 15 is 0 Å². The lowest BCUT2D eigenvalue weighted by atomic mass is 9.86. The van der Waals surface area contributed by atoms with Crippen LogP contribution in [0.1, 0.15) is 56.1 Å². The summed E-state index contributed by atoms with van der Waals surface area (Å²) in [6.45, 7) is 2.23. The lowest BCUT2D eigenvalue weighted by Crippen LogP contribution is -2.40. The predicted molar refractivity (Wildman–Crippen MR) is 86.5 cm³/mol. The van der Waals surface area contributed by atoms with Gasteiger partial charge in [0, 0.05) is 19.0 Å². The van der Waals surface area contributed by atoms with Crippen LogP contribution in [0, 0.1) is 11.8 Å². The van der Waals surface area contributed by atoms with Crippen LogP contribution in [0.15, 0.2) is 24.3 Å². The first kappa shape index (κ1) is 17.3. The fourth-order valence-electron chi connectivity index (χ4n) is 3.96. The minimum absolute atomic E-state index is 0.0107. The van der Waals surface area contributed by atoms with Gasteiger partial charge in [0.05, 0.1) is 5.56 Å². The molecule has 0 aromatic heterocycles. The van der Waals surface area contributed by atoms with Gasteiger partial charge in [0.1, 0.15) is 0 Å². The first-order valence-corrected chi connectivity index (χ1v) is 8.71. The maximum atomic E-state index is 13.2. The molecule has 5 heteroatoms. The molecule has 1 aromatic rings. The number of nitrogens with zero attached hydrogens (tertiary/aromatic N) is 1. The fraction of sp³-hybridized carbons (Fsp3) is 0.632. The molecule has 0 spiro atoms. The van der Waals surface area contributed by atoms with E-state index in [9.17, 15) is 18.0 Å². The van der Waals surface area contributed by atoms with Crippen molar-refractivity contribution >= 4 is 5.91 Å². The molecular formula is C19H24F3NO. The zero-order chi connectivity index (χ0) is 17.5. The van der Waals surface area contributed by atoms with E-state index in [0.29, 0.717) is 12.3 Å². The zero-order valence-electron chi connectivity index (χ0n) is 14.1. The molecule has 24 heavy (non-hydrogen) atoms. The minimum atomic E-state index is -4.36. The van der Waals surface area contributed by atoms with E-state index < -0.39 is 11.7 Å². The van der Waals surface area contributed by atoms with E-state index in [1.54, 1.807) is 11.0 Å². The summed E-state index contributed by atoms with van der Waals surface area (Å²) >= 11 is 0. The van der Waals surface area contributed by atoms with E-state index in [2.05, 4.69) is 6.92 Å². The van der Waals surface area contributed by atoms with Crippen molar-refractivity contribution in [2.75, 3.05) is 7.05 Å². The standard InChI is InChI=1S/C19H24F3NO/c1-12-7-9-13(10-8-12)23(2)18(24)16-11-15(16)14-5-3-4-6-17(14)19(20,21)22/h3-6,12-13,15-16H,7-11H2,1-2H3. The average molecular weight is 339 g/mol. The third-order valence-electron chi connectivity index (χ3n) is 5.65. The van der Waals surface area contributed by atoms with Crippen LogP contribution in [-0.2, 0) is 11.0 Å². The molecule has 132 valence electrons. The lowest BCUT2D eigenvalue weighted by Gasteiger charge is -2.33. The van der Waals surface area contributed by atoms with Crippen LogP contribution in [-0.4, -0.2) is 23.9 Å². The van der Waals surface area contributed by atoms with Crippen LogP contribution in [0.2, 0.25) is 0 Å². The largest absolute Gasteiger partial charge is 0.416 e. The summed E-state index contributed by atoms with van der Waals surface area (Å²) in [5, 5.41) is 0. The van der Waals surface area contributed by atoms with E-state index in [-0.39, 0.29) is 29.3 Å². The third kappa shape index (κ3) is 3.45. The molecule has 0 heterocycles. The monoisotopic (exact) mass is 339 g/mol. The van der Waals surface area contributed by atoms with Gasteiger partial charge < -0.3 is 4.90 Å². The van der Waals surface area contributed by atoms with Gasteiger partial charge in [-0.1, -0.05) is 25.1 Å². The SMILES string of the molecule is CC1CCC(N(C)C(=O)C2CC2c2ccccc2C(F)(F)F)CC1. The summed E-state index contributed by atoms with van der Waals surface area (Å²) < 4.78 is 39.5. The van der Waals surface area contributed by atoms with Crippen molar-refractivity contribution in [3.05, 3.63) is 35.4 Å². The molecule has 0 radical (unpaired) electrons. The Hall–Kier alpha value is -1.52. The predicted octanol–water partition coefficient (Wildman–Crippen LogP) is 4.85. The summed E-state index contributed by atoms with van der Waals surface area (Å²) in [5.74, 6) is 0.131. The molecular weight excluding hydrogens is 315 g/mol. The minimum Gasteiger partial charge on any atom is -0.343 e. The van der Waals surface area contributed by atoms with E-state index in [4.69, 9.17) is 0 Å². The van der Waals surface area contributed by atoms with Crippen LogP contribution in [0.4, 0.5) is 13.2 Å². The summed E-state index contributed by atoms with van der Waals surface area (Å²) in [6, 6.07) is 5.90. The van der Waals surface area contributed by atoms with Crippen molar-refractivity contribution in [1.82, 2.24) is 4.90 Å². The van der Waals surface area contributed by atoms with Gasteiger partial charge in [-0.3, -0.25) is 4.79 Å². The Bertz CT molecular complexity index is 605. The molecule has 0 aliphatic heterocycles. The van der Waals surface area contributed by atoms with Crippen molar-refractivity contribution in [2.24, 2.45) is 11.8 Å². The van der Waals surface area contributed by atoms with Crippen LogP contribution in [0.3, 0.4) is 0 Å². The molecule has 2 saturated carbocycles. The van der Waals surface area contributed by atoms with Gasteiger partial charge in [-0.25, -0.2) is 0 Å². The highest BCUT2D eigenvalue weighted by atomic mass is 19.4. The van der Waals surface area contributed by atoms with Crippen molar-refractivity contribution < 1.29 is 18.0 Å². The highest BCUT2D eigenvalue weighted by molar-refractivity contribution is 5.83. The molecule has 3 rings (SSSR count). The zero-order valence-corrected chi connectivity index (χ0v) is 14.1. The van der Waals surface area contributed by atoms with Crippen LogP contribution >= 0.6 is 0 Å². The summed E-state index contributed by atoms with van der Waals surface area (Å²) in [7, 11) is 1.81.